The minimum Gasteiger partial charge on any atom is -0.322 e. The van der Waals surface area contributed by atoms with Gasteiger partial charge in [-0.05, 0) is 30.7 Å². The Morgan fingerprint density at radius 3 is 2.89 bits per heavy atom. The summed E-state index contributed by atoms with van der Waals surface area (Å²) in [4.78, 5) is 15.9. The van der Waals surface area contributed by atoms with Gasteiger partial charge in [0.15, 0.2) is 0 Å². The third-order valence-electron chi connectivity index (χ3n) is 2.62. The van der Waals surface area contributed by atoms with Gasteiger partial charge in [0.25, 0.3) is 5.91 Å². The lowest BCUT2D eigenvalue weighted by molar-refractivity contribution is 0.102. The van der Waals surface area contributed by atoms with Crippen LogP contribution in [0.15, 0.2) is 41.1 Å². The number of pyridine rings is 1. The first kappa shape index (κ1) is 13.2. The molecule has 1 aromatic heterocycles. The summed E-state index contributed by atoms with van der Waals surface area (Å²) in [5, 5.41) is 11.7. The largest absolute Gasteiger partial charge is 0.322 e. The Labute approximate surface area is 119 Å². The summed E-state index contributed by atoms with van der Waals surface area (Å²) in [5.41, 5.74) is 2.31. The second-order valence-electron chi connectivity index (χ2n) is 3.95. The predicted octanol–water partition coefficient (Wildman–Crippen LogP) is 3.28. The molecule has 0 fully saturated rings. The number of carbonyl (C=O) groups is 1. The molecule has 19 heavy (non-hydrogen) atoms. The van der Waals surface area contributed by atoms with E-state index in [1.54, 1.807) is 6.07 Å². The standard InChI is InChI=1S/C14H10BrN3O/c1-9-2-3-11(6-13(9)15)18-14(19)12-8-17-5-4-10(12)7-16/h2-6,8H,1H3,(H,18,19). The van der Waals surface area contributed by atoms with Gasteiger partial charge in [0.05, 0.1) is 11.1 Å². The van der Waals surface area contributed by atoms with Crippen LogP contribution in [-0.2, 0) is 0 Å². The van der Waals surface area contributed by atoms with Gasteiger partial charge in [-0.2, -0.15) is 5.26 Å². The molecule has 5 heteroatoms. The maximum Gasteiger partial charge on any atom is 0.258 e. The molecule has 1 amide bonds. The number of aryl methyl sites for hydroxylation is 1. The zero-order valence-corrected chi connectivity index (χ0v) is 11.7. The smallest absolute Gasteiger partial charge is 0.258 e. The number of rotatable bonds is 2. The van der Waals surface area contributed by atoms with Gasteiger partial charge in [0, 0.05) is 22.6 Å². The summed E-state index contributed by atoms with van der Waals surface area (Å²) in [6, 6.07) is 9.00. The van der Waals surface area contributed by atoms with Crippen molar-refractivity contribution in [2.75, 3.05) is 5.32 Å². The van der Waals surface area contributed by atoms with Crippen LogP contribution in [0.5, 0.6) is 0 Å². The van der Waals surface area contributed by atoms with Crippen LogP contribution < -0.4 is 5.32 Å². The molecule has 0 aliphatic heterocycles. The Morgan fingerprint density at radius 1 is 1.42 bits per heavy atom. The van der Waals surface area contributed by atoms with Crippen molar-refractivity contribution < 1.29 is 4.79 Å². The van der Waals surface area contributed by atoms with Gasteiger partial charge in [0.2, 0.25) is 0 Å². The van der Waals surface area contributed by atoms with Crippen molar-refractivity contribution in [3.63, 3.8) is 0 Å². The van der Waals surface area contributed by atoms with E-state index in [0.29, 0.717) is 11.3 Å². The molecule has 0 atom stereocenters. The first-order valence-electron chi connectivity index (χ1n) is 5.53. The molecule has 94 valence electrons. The molecule has 0 unspecified atom stereocenters. The van der Waals surface area contributed by atoms with Crippen molar-refractivity contribution in [3.05, 3.63) is 57.8 Å². The predicted molar refractivity (Wildman–Crippen MR) is 75.8 cm³/mol. The second kappa shape index (κ2) is 5.63. The molecule has 0 aliphatic carbocycles. The van der Waals surface area contributed by atoms with Crippen molar-refractivity contribution in [3.8, 4) is 6.07 Å². The number of nitriles is 1. The molecule has 2 rings (SSSR count). The van der Waals surface area contributed by atoms with Crippen LogP contribution in [-0.4, -0.2) is 10.9 Å². The fraction of sp³-hybridized carbons (Fsp3) is 0.0714. The highest BCUT2D eigenvalue weighted by Gasteiger charge is 2.11. The lowest BCUT2D eigenvalue weighted by Crippen LogP contribution is -2.13. The van der Waals surface area contributed by atoms with E-state index < -0.39 is 0 Å². The molecular formula is C14H10BrN3O. The normalized spacial score (nSPS) is 9.74. The monoisotopic (exact) mass is 315 g/mol. The Bertz CT molecular complexity index is 677. The summed E-state index contributed by atoms with van der Waals surface area (Å²) in [7, 11) is 0. The SMILES string of the molecule is Cc1ccc(NC(=O)c2cnccc2C#N)cc1Br. The highest BCUT2D eigenvalue weighted by atomic mass is 79.9. The molecule has 1 N–H and O–H groups in total. The van der Waals surface area contributed by atoms with E-state index in [9.17, 15) is 4.79 Å². The van der Waals surface area contributed by atoms with Crippen molar-refractivity contribution in [1.82, 2.24) is 4.98 Å². The summed E-state index contributed by atoms with van der Waals surface area (Å²) >= 11 is 3.40. The van der Waals surface area contributed by atoms with Gasteiger partial charge in [-0.15, -0.1) is 0 Å². The van der Waals surface area contributed by atoms with Gasteiger partial charge >= 0.3 is 0 Å². The van der Waals surface area contributed by atoms with E-state index in [0.717, 1.165) is 10.0 Å². The van der Waals surface area contributed by atoms with E-state index in [4.69, 9.17) is 5.26 Å². The molecular weight excluding hydrogens is 306 g/mol. The van der Waals surface area contributed by atoms with Crippen molar-refractivity contribution in [2.45, 2.75) is 6.92 Å². The summed E-state index contributed by atoms with van der Waals surface area (Å²) in [6.07, 6.45) is 2.87. The highest BCUT2D eigenvalue weighted by molar-refractivity contribution is 9.10. The van der Waals surface area contributed by atoms with E-state index in [1.165, 1.54) is 18.5 Å². The van der Waals surface area contributed by atoms with E-state index >= 15 is 0 Å². The molecule has 0 bridgehead atoms. The summed E-state index contributed by atoms with van der Waals surface area (Å²) < 4.78 is 0.914. The van der Waals surface area contributed by atoms with Crippen molar-refractivity contribution in [1.29, 1.82) is 5.26 Å². The second-order valence-corrected chi connectivity index (χ2v) is 4.81. The molecule has 1 heterocycles. The minimum atomic E-state index is -0.347. The number of halogens is 1. The number of nitrogens with zero attached hydrogens (tertiary/aromatic N) is 2. The van der Waals surface area contributed by atoms with Crippen LogP contribution in [0, 0.1) is 18.3 Å². The quantitative estimate of drug-likeness (QED) is 0.924. The topological polar surface area (TPSA) is 65.8 Å². The van der Waals surface area contributed by atoms with Gasteiger partial charge < -0.3 is 5.32 Å². The Hall–Kier alpha value is -2.19. The number of amides is 1. The Balaban J connectivity index is 2.26. The van der Waals surface area contributed by atoms with E-state index in [-0.39, 0.29) is 11.5 Å². The lowest BCUT2D eigenvalue weighted by Gasteiger charge is -2.07. The molecule has 2 aromatic rings. The molecule has 1 aromatic carbocycles. The molecule has 0 radical (unpaired) electrons. The number of nitrogens with one attached hydrogen (secondary N) is 1. The van der Waals surface area contributed by atoms with E-state index in [1.807, 2.05) is 25.1 Å². The van der Waals surface area contributed by atoms with Crippen LogP contribution in [0.4, 0.5) is 5.69 Å². The van der Waals surface area contributed by atoms with E-state index in [2.05, 4.69) is 26.2 Å². The number of hydrogen-bond acceptors (Lipinski definition) is 3. The van der Waals surface area contributed by atoms with Crippen molar-refractivity contribution in [2.24, 2.45) is 0 Å². The molecule has 0 saturated heterocycles. The Kier molecular flexibility index (Phi) is 3.93. The maximum atomic E-state index is 12.1. The van der Waals surface area contributed by atoms with Crippen LogP contribution in [0.3, 0.4) is 0 Å². The molecule has 4 nitrogen and oxygen atoms in total. The zero-order valence-electron chi connectivity index (χ0n) is 10.1. The highest BCUT2D eigenvalue weighted by Crippen LogP contribution is 2.21. The zero-order chi connectivity index (χ0) is 13.8. The summed E-state index contributed by atoms with van der Waals surface area (Å²) in [5.74, 6) is -0.347. The summed E-state index contributed by atoms with van der Waals surface area (Å²) in [6.45, 7) is 1.96. The minimum absolute atomic E-state index is 0.265. The first-order chi connectivity index (χ1) is 9.11. The van der Waals surface area contributed by atoms with Gasteiger partial charge in [-0.3, -0.25) is 9.78 Å². The van der Waals surface area contributed by atoms with Gasteiger partial charge in [-0.1, -0.05) is 22.0 Å². The lowest BCUT2D eigenvalue weighted by atomic mass is 10.1. The number of carbonyl (C=O) groups excluding carboxylic acids is 1. The molecule has 0 spiro atoms. The average Bonchev–Trinajstić information content (AvgIpc) is 2.43. The maximum absolute atomic E-state index is 12.1. The molecule has 0 aliphatic rings. The third kappa shape index (κ3) is 2.98. The van der Waals surface area contributed by atoms with Crippen LogP contribution >= 0.6 is 15.9 Å². The van der Waals surface area contributed by atoms with Crippen LogP contribution in [0.25, 0.3) is 0 Å². The molecule has 0 saturated carbocycles. The van der Waals surface area contributed by atoms with Crippen molar-refractivity contribution >= 4 is 27.5 Å². The Morgan fingerprint density at radius 2 is 2.21 bits per heavy atom. The van der Waals surface area contributed by atoms with Crippen LogP contribution in [0.2, 0.25) is 0 Å². The van der Waals surface area contributed by atoms with Gasteiger partial charge in [-0.25, -0.2) is 0 Å². The average molecular weight is 316 g/mol. The number of anilines is 1. The number of hydrogen-bond donors (Lipinski definition) is 1. The number of benzene rings is 1. The first-order valence-corrected chi connectivity index (χ1v) is 6.32. The van der Waals surface area contributed by atoms with Gasteiger partial charge in [0.1, 0.15) is 6.07 Å². The fourth-order valence-electron chi connectivity index (χ4n) is 1.54. The third-order valence-corrected chi connectivity index (χ3v) is 3.47. The fourth-order valence-corrected chi connectivity index (χ4v) is 1.92. The number of aromatic nitrogens is 1. The van der Waals surface area contributed by atoms with Crippen LogP contribution in [0.1, 0.15) is 21.5 Å².